The Kier molecular flexibility index (Phi) is 6.46. The molecule has 0 aliphatic rings. The molecule has 0 saturated carbocycles. The summed E-state index contributed by atoms with van der Waals surface area (Å²) in [5, 5.41) is 4.73. The Morgan fingerprint density at radius 1 is 1.16 bits per heavy atom. The number of hydrogen-bond acceptors (Lipinski definition) is 5. The minimum absolute atomic E-state index is 0.0209. The van der Waals surface area contributed by atoms with Crippen LogP contribution in [0, 0.1) is 6.92 Å². The molecule has 1 atom stereocenters. The monoisotopic (exact) mass is 466 g/mol. The lowest BCUT2D eigenvalue weighted by Crippen LogP contribution is -2.23. The number of pyridine rings is 1. The van der Waals surface area contributed by atoms with Crippen LogP contribution in [0.3, 0.4) is 0 Å². The van der Waals surface area contributed by atoms with Crippen molar-refractivity contribution in [2.24, 2.45) is 0 Å². The number of aromatic nitrogens is 4. The number of benzene rings is 1. The number of thiazole rings is 1. The van der Waals surface area contributed by atoms with Crippen molar-refractivity contribution in [1.29, 1.82) is 0 Å². The van der Waals surface area contributed by atoms with Crippen LogP contribution in [-0.4, -0.2) is 34.0 Å². The summed E-state index contributed by atoms with van der Waals surface area (Å²) in [4.78, 5) is 17.0. The third-order valence-electron chi connectivity index (χ3n) is 5.59. The fourth-order valence-corrected chi connectivity index (χ4v) is 5.16. The Morgan fingerprint density at radius 3 is 2.69 bits per heavy atom. The molecule has 3 heterocycles. The minimum atomic E-state index is -1.14. The number of hydrogen-bond donors (Lipinski definition) is 0. The van der Waals surface area contributed by atoms with Crippen molar-refractivity contribution in [2.45, 2.75) is 52.2 Å². The topological polar surface area (TPSA) is 61.9 Å². The molecule has 0 bridgehead atoms. The molecule has 0 radical (unpaired) electrons. The van der Waals surface area contributed by atoms with Gasteiger partial charge in [0.1, 0.15) is 6.73 Å². The summed E-state index contributed by atoms with van der Waals surface area (Å²) in [6, 6.07) is 13.3. The lowest BCUT2D eigenvalue weighted by Gasteiger charge is -2.15. The van der Waals surface area contributed by atoms with Gasteiger partial charge in [0, 0.05) is 33.0 Å². The van der Waals surface area contributed by atoms with Crippen LogP contribution >= 0.6 is 11.3 Å². The largest absolute Gasteiger partial charge is 0.361 e. The predicted molar refractivity (Wildman–Crippen MR) is 134 cm³/mol. The number of nitrogens with zero attached hydrogens (tertiary/aromatic N) is 4. The first-order valence-electron chi connectivity index (χ1n) is 10.9. The van der Waals surface area contributed by atoms with E-state index in [2.05, 4.69) is 43.7 Å². The van der Waals surface area contributed by atoms with Crippen LogP contribution in [-0.2, 0) is 11.5 Å². The molecule has 0 aliphatic carbocycles. The van der Waals surface area contributed by atoms with E-state index < -0.39 is 8.07 Å². The summed E-state index contributed by atoms with van der Waals surface area (Å²) in [6.45, 7) is 12.1. The molecular formula is C24H30N4O2SSi. The van der Waals surface area contributed by atoms with Crippen molar-refractivity contribution in [2.75, 3.05) is 6.61 Å². The minimum Gasteiger partial charge on any atom is -0.361 e. The van der Waals surface area contributed by atoms with Gasteiger partial charge in [-0.2, -0.15) is 5.10 Å². The molecule has 32 heavy (non-hydrogen) atoms. The molecule has 4 aromatic rings. The first-order chi connectivity index (χ1) is 15.2. The lowest BCUT2D eigenvalue weighted by molar-refractivity contribution is 0.0888. The molecule has 6 nitrogen and oxygen atoms in total. The van der Waals surface area contributed by atoms with Crippen LogP contribution in [0.2, 0.25) is 25.7 Å². The highest BCUT2D eigenvalue weighted by molar-refractivity contribution is 7.16. The highest BCUT2D eigenvalue weighted by Gasteiger charge is 2.16. The van der Waals surface area contributed by atoms with Crippen LogP contribution in [0.25, 0.3) is 16.0 Å². The van der Waals surface area contributed by atoms with Gasteiger partial charge in [0.2, 0.25) is 0 Å². The van der Waals surface area contributed by atoms with Gasteiger partial charge in [0.05, 0.1) is 15.9 Å². The maximum Gasteiger partial charge on any atom is 0.310 e. The van der Waals surface area contributed by atoms with Gasteiger partial charge in [-0.1, -0.05) is 50.0 Å². The predicted octanol–water partition coefficient (Wildman–Crippen LogP) is 5.42. The van der Waals surface area contributed by atoms with Crippen molar-refractivity contribution < 1.29 is 4.74 Å². The molecule has 3 aromatic heterocycles. The smallest absolute Gasteiger partial charge is 0.310 e. The second-order valence-electron chi connectivity index (χ2n) is 9.47. The van der Waals surface area contributed by atoms with Crippen LogP contribution in [0.4, 0.5) is 0 Å². The van der Waals surface area contributed by atoms with Crippen LogP contribution < -0.4 is 4.87 Å². The first kappa shape index (κ1) is 22.6. The first-order valence-corrected chi connectivity index (χ1v) is 15.4. The molecule has 4 rings (SSSR count). The van der Waals surface area contributed by atoms with E-state index in [9.17, 15) is 4.79 Å². The number of ether oxygens (including phenoxy) is 1. The van der Waals surface area contributed by atoms with Gasteiger partial charge in [0.15, 0.2) is 5.82 Å². The van der Waals surface area contributed by atoms with Crippen molar-refractivity contribution in [3.05, 3.63) is 75.3 Å². The zero-order chi connectivity index (χ0) is 22.9. The number of rotatable bonds is 8. The van der Waals surface area contributed by atoms with E-state index in [1.54, 1.807) is 9.25 Å². The second kappa shape index (κ2) is 9.13. The van der Waals surface area contributed by atoms with E-state index >= 15 is 0 Å². The molecule has 0 N–H and O–H groups in total. The van der Waals surface area contributed by atoms with Crippen LogP contribution in [0.5, 0.6) is 0 Å². The molecule has 1 aromatic carbocycles. The summed E-state index contributed by atoms with van der Waals surface area (Å²) >= 11 is 1.27. The van der Waals surface area contributed by atoms with Gasteiger partial charge < -0.3 is 4.74 Å². The van der Waals surface area contributed by atoms with Gasteiger partial charge in [-0.05, 0) is 48.4 Å². The standard InChI is InChI=1S/C24H30N4O2SSi/c1-17-6-9-23(25-15-17)28-11-10-20(26-28)18(2)19-7-8-21-22(14-19)31-24(29)27(21)16-30-12-13-32(3,4)5/h6-11,14-15,18H,12-13,16H2,1-5H3. The summed E-state index contributed by atoms with van der Waals surface area (Å²) in [6.07, 6.45) is 3.78. The molecule has 8 heteroatoms. The number of aryl methyl sites for hydroxylation is 1. The van der Waals surface area contributed by atoms with Crippen molar-refractivity contribution in [3.63, 3.8) is 0 Å². The van der Waals surface area contributed by atoms with E-state index in [4.69, 9.17) is 9.84 Å². The Hall–Kier alpha value is -2.55. The van der Waals surface area contributed by atoms with Gasteiger partial charge in [-0.15, -0.1) is 0 Å². The average molecular weight is 467 g/mol. The summed E-state index contributed by atoms with van der Waals surface area (Å²) < 4.78 is 10.3. The molecule has 1 unspecified atom stereocenters. The fraction of sp³-hybridized carbons (Fsp3) is 0.375. The van der Waals surface area contributed by atoms with Crippen molar-refractivity contribution in [3.8, 4) is 5.82 Å². The highest BCUT2D eigenvalue weighted by atomic mass is 32.1. The second-order valence-corrected chi connectivity index (χ2v) is 16.1. The van der Waals surface area contributed by atoms with E-state index in [1.165, 1.54) is 11.3 Å². The maximum atomic E-state index is 12.6. The van der Waals surface area contributed by atoms with Crippen LogP contribution in [0.1, 0.15) is 29.7 Å². The Morgan fingerprint density at radius 2 is 1.97 bits per heavy atom. The zero-order valence-corrected chi connectivity index (χ0v) is 21.1. The Bertz CT molecular complexity index is 1270. The molecule has 0 aliphatic heterocycles. The Balaban J connectivity index is 1.51. The van der Waals surface area contributed by atoms with Crippen molar-refractivity contribution >= 4 is 29.6 Å². The average Bonchev–Trinajstić information content (AvgIpc) is 3.35. The highest BCUT2D eigenvalue weighted by Crippen LogP contribution is 2.28. The Labute approximate surface area is 193 Å². The quantitative estimate of drug-likeness (QED) is 0.257. The zero-order valence-electron chi connectivity index (χ0n) is 19.3. The van der Waals surface area contributed by atoms with E-state index in [0.29, 0.717) is 13.3 Å². The van der Waals surface area contributed by atoms with Crippen molar-refractivity contribution in [1.82, 2.24) is 19.3 Å². The van der Waals surface area contributed by atoms with Gasteiger partial charge in [-0.25, -0.2) is 9.67 Å². The van der Waals surface area contributed by atoms with E-state index in [0.717, 1.165) is 38.9 Å². The number of fused-ring (bicyclic) bond motifs is 1. The van der Waals surface area contributed by atoms with E-state index in [-0.39, 0.29) is 10.8 Å². The summed E-state index contributed by atoms with van der Waals surface area (Å²) in [5.41, 5.74) is 4.15. The maximum absolute atomic E-state index is 12.6. The normalized spacial score (nSPS) is 13.0. The fourth-order valence-electron chi connectivity index (χ4n) is 3.47. The lowest BCUT2D eigenvalue weighted by atomic mass is 9.98. The molecule has 168 valence electrons. The molecule has 0 amide bonds. The molecule has 0 saturated heterocycles. The SMILES string of the molecule is Cc1ccc(-n2ccc(C(C)c3ccc4c(c3)sc(=O)n4COCC[Si](C)(C)C)n2)nc1. The summed E-state index contributed by atoms with van der Waals surface area (Å²) in [5.74, 6) is 0.902. The molecule has 0 spiro atoms. The third kappa shape index (κ3) is 5.08. The van der Waals surface area contributed by atoms with Gasteiger partial charge in [-0.3, -0.25) is 9.36 Å². The molecular weight excluding hydrogens is 436 g/mol. The summed E-state index contributed by atoms with van der Waals surface area (Å²) in [7, 11) is -1.14. The van der Waals surface area contributed by atoms with Gasteiger partial charge >= 0.3 is 4.87 Å². The molecule has 0 fully saturated rings. The van der Waals surface area contributed by atoms with E-state index in [1.807, 2.05) is 43.6 Å². The van der Waals surface area contributed by atoms with Crippen LogP contribution in [0.15, 0.2) is 53.6 Å². The van der Waals surface area contributed by atoms with Gasteiger partial charge in [0.25, 0.3) is 0 Å². The third-order valence-corrected chi connectivity index (χ3v) is 8.24.